The van der Waals surface area contributed by atoms with Crippen LogP contribution in [-0.4, -0.2) is 12.6 Å². The second-order valence-corrected chi connectivity index (χ2v) is 5.54. The second-order valence-electron chi connectivity index (χ2n) is 4.62. The Bertz CT molecular complexity index is 620. The second kappa shape index (κ2) is 5.10. The zero-order valence-electron chi connectivity index (χ0n) is 10.3. The molecule has 0 aliphatic carbocycles. The molecule has 0 amide bonds. The third-order valence-electron chi connectivity index (χ3n) is 3.28. The first-order chi connectivity index (χ1) is 9.28. The lowest BCUT2D eigenvalue weighted by Gasteiger charge is -2.24. The van der Waals surface area contributed by atoms with Crippen LogP contribution in [0.1, 0.15) is 11.1 Å². The fourth-order valence-electron chi connectivity index (χ4n) is 2.33. The lowest BCUT2D eigenvalue weighted by atomic mass is 9.86. The summed E-state index contributed by atoms with van der Waals surface area (Å²) in [7, 11) is 0. The molecule has 0 saturated carbocycles. The maximum absolute atomic E-state index is 4.61. The van der Waals surface area contributed by atoms with Crippen LogP contribution in [0.25, 0.3) is 0 Å². The van der Waals surface area contributed by atoms with Crippen LogP contribution in [0, 0.1) is 0 Å². The third-order valence-corrected chi connectivity index (χ3v) is 3.78. The summed E-state index contributed by atoms with van der Waals surface area (Å²) in [5, 5.41) is 0. The molecule has 1 heterocycles. The van der Waals surface area contributed by atoms with Crippen LogP contribution in [0.5, 0.6) is 0 Å². The minimum atomic E-state index is -0.370. The lowest BCUT2D eigenvalue weighted by molar-refractivity contribution is 0.627. The van der Waals surface area contributed by atoms with E-state index in [1.165, 1.54) is 5.56 Å². The molecule has 0 saturated heterocycles. The molecule has 0 spiro atoms. The number of nitrogens with zero attached hydrogens (tertiary/aromatic N) is 2. The van der Waals surface area contributed by atoms with Gasteiger partial charge in [0.2, 0.25) is 0 Å². The number of rotatable bonds is 3. The van der Waals surface area contributed by atoms with Gasteiger partial charge in [0, 0.05) is 17.1 Å². The fraction of sp³-hybridized carbons (Fsp3) is 0.125. The van der Waals surface area contributed by atoms with Gasteiger partial charge in [-0.15, -0.1) is 0 Å². The molecule has 1 unspecified atom stereocenters. The van der Waals surface area contributed by atoms with Crippen molar-refractivity contribution in [2.75, 3.05) is 0 Å². The van der Waals surface area contributed by atoms with Gasteiger partial charge in [-0.05, 0) is 23.3 Å². The van der Waals surface area contributed by atoms with Crippen molar-refractivity contribution in [1.29, 1.82) is 0 Å². The molecule has 0 radical (unpaired) electrons. The Kier molecular flexibility index (Phi) is 3.30. The van der Waals surface area contributed by atoms with Crippen molar-refractivity contribution in [3.63, 3.8) is 0 Å². The van der Waals surface area contributed by atoms with Crippen molar-refractivity contribution in [2.45, 2.75) is 12.0 Å². The first-order valence-electron chi connectivity index (χ1n) is 6.17. The zero-order chi connectivity index (χ0) is 13.1. The van der Waals surface area contributed by atoms with E-state index in [0.29, 0.717) is 0 Å². The Morgan fingerprint density at radius 1 is 1.00 bits per heavy atom. The molecule has 0 aromatic heterocycles. The lowest BCUT2D eigenvalue weighted by Crippen LogP contribution is -2.26. The Balaban J connectivity index is 2.01. The summed E-state index contributed by atoms with van der Waals surface area (Å²) in [5.74, 6) is 0. The highest BCUT2D eigenvalue weighted by molar-refractivity contribution is 9.10. The summed E-state index contributed by atoms with van der Waals surface area (Å²) < 4.78 is 1.06. The van der Waals surface area contributed by atoms with E-state index in [9.17, 15) is 0 Å². The van der Waals surface area contributed by atoms with Crippen LogP contribution in [0.2, 0.25) is 0 Å². The molecule has 94 valence electrons. The predicted molar refractivity (Wildman–Crippen MR) is 83.0 cm³/mol. The summed E-state index contributed by atoms with van der Waals surface area (Å²) in [6, 6.07) is 18.7. The Labute approximate surface area is 121 Å². The van der Waals surface area contributed by atoms with E-state index in [1.807, 2.05) is 24.4 Å². The zero-order valence-corrected chi connectivity index (χ0v) is 11.9. The van der Waals surface area contributed by atoms with Gasteiger partial charge >= 0.3 is 0 Å². The summed E-state index contributed by atoms with van der Waals surface area (Å²) in [6.45, 7) is 0. The summed E-state index contributed by atoms with van der Waals surface area (Å²) in [4.78, 5) is 8.81. The summed E-state index contributed by atoms with van der Waals surface area (Å²) >= 11 is 3.52. The van der Waals surface area contributed by atoms with Crippen LogP contribution >= 0.6 is 15.9 Å². The highest BCUT2D eigenvalue weighted by Gasteiger charge is 2.31. The molecule has 1 atom stereocenters. The number of aliphatic imine (C=N–C) groups is 2. The molecule has 19 heavy (non-hydrogen) atoms. The van der Waals surface area contributed by atoms with Gasteiger partial charge in [-0.1, -0.05) is 58.4 Å². The van der Waals surface area contributed by atoms with E-state index in [4.69, 9.17) is 0 Å². The minimum absolute atomic E-state index is 0.370. The molecular formula is C16H13BrN2. The minimum Gasteiger partial charge on any atom is -0.256 e. The number of halogens is 1. The van der Waals surface area contributed by atoms with E-state index in [2.05, 4.69) is 62.3 Å². The van der Waals surface area contributed by atoms with Crippen LogP contribution in [0.4, 0.5) is 0 Å². The Morgan fingerprint density at radius 3 is 2.53 bits per heavy atom. The van der Waals surface area contributed by atoms with Crippen molar-refractivity contribution in [3.8, 4) is 0 Å². The molecular weight excluding hydrogens is 300 g/mol. The molecule has 1 aliphatic heterocycles. The van der Waals surface area contributed by atoms with E-state index in [0.717, 1.165) is 16.5 Å². The summed E-state index contributed by atoms with van der Waals surface area (Å²) in [6.07, 6.45) is 4.40. The molecule has 1 aliphatic rings. The van der Waals surface area contributed by atoms with Crippen molar-refractivity contribution in [3.05, 3.63) is 70.2 Å². The molecule has 0 bridgehead atoms. The monoisotopic (exact) mass is 312 g/mol. The largest absolute Gasteiger partial charge is 0.256 e. The maximum Gasteiger partial charge on any atom is 0.126 e. The molecule has 0 N–H and O–H groups in total. The van der Waals surface area contributed by atoms with Crippen molar-refractivity contribution in [2.24, 2.45) is 9.98 Å². The van der Waals surface area contributed by atoms with Gasteiger partial charge in [0.15, 0.2) is 0 Å². The summed E-state index contributed by atoms with van der Waals surface area (Å²) in [5.41, 5.74) is 2.04. The molecule has 3 rings (SSSR count). The average Bonchev–Trinajstić information content (AvgIpc) is 2.90. The van der Waals surface area contributed by atoms with E-state index in [1.54, 1.807) is 6.34 Å². The fourth-order valence-corrected chi connectivity index (χ4v) is 2.73. The highest BCUT2D eigenvalue weighted by Crippen LogP contribution is 2.32. The number of hydrogen-bond acceptors (Lipinski definition) is 2. The van der Waals surface area contributed by atoms with Gasteiger partial charge < -0.3 is 0 Å². The van der Waals surface area contributed by atoms with Crippen molar-refractivity contribution >= 4 is 28.5 Å². The van der Waals surface area contributed by atoms with Gasteiger partial charge in [0.1, 0.15) is 11.9 Å². The Morgan fingerprint density at radius 2 is 1.84 bits per heavy atom. The standard InChI is InChI=1S/C16H13BrN2/c17-15-8-4-7-14(9-15)16(11-18-12-19-16)10-13-5-2-1-3-6-13/h1-9,11-12H,10H2. The third kappa shape index (κ3) is 2.51. The maximum atomic E-state index is 4.61. The van der Waals surface area contributed by atoms with Crippen molar-refractivity contribution < 1.29 is 0 Å². The van der Waals surface area contributed by atoms with Gasteiger partial charge in [0.25, 0.3) is 0 Å². The first-order valence-corrected chi connectivity index (χ1v) is 6.96. The van der Waals surface area contributed by atoms with Gasteiger partial charge in [-0.2, -0.15) is 0 Å². The molecule has 2 aromatic rings. The van der Waals surface area contributed by atoms with Gasteiger partial charge in [-0.25, -0.2) is 4.99 Å². The SMILES string of the molecule is Brc1cccc(C2(Cc3ccccc3)C=NC=N2)c1. The number of hydrogen-bond donors (Lipinski definition) is 0. The first kappa shape index (κ1) is 12.3. The molecule has 0 fully saturated rings. The number of benzene rings is 2. The normalized spacial score (nSPS) is 20.9. The smallest absolute Gasteiger partial charge is 0.126 e. The van der Waals surface area contributed by atoms with Crippen LogP contribution in [-0.2, 0) is 12.0 Å². The van der Waals surface area contributed by atoms with Gasteiger partial charge in [-0.3, -0.25) is 4.99 Å². The average molecular weight is 313 g/mol. The van der Waals surface area contributed by atoms with E-state index in [-0.39, 0.29) is 5.54 Å². The quantitative estimate of drug-likeness (QED) is 0.818. The van der Waals surface area contributed by atoms with Crippen LogP contribution in [0.3, 0.4) is 0 Å². The molecule has 2 aromatic carbocycles. The molecule has 2 nitrogen and oxygen atoms in total. The van der Waals surface area contributed by atoms with Gasteiger partial charge in [0.05, 0.1) is 0 Å². The topological polar surface area (TPSA) is 24.7 Å². The van der Waals surface area contributed by atoms with E-state index < -0.39 is 0 Å². The Hall–Kier alpha value is -1.74. The van der Waals surface area contributed by atoms with Crippen LogP contribution < -0.4 is 0 Å². The van der Waals surface area contributed by atoms with Crippen LogP contribution in [0.15, 0.2) is 69.1 Å². The molecule has 3 heteroatoms. The van der Waals surface area contributed by atoms with Crippen molar-refractivity contribution in [1.82, 2.24) is 0 Å². The predicted octanol–water partition coefficient (Wildman–Crippen LogP) is 4.00. The highest BCUT2D eigenvalue weighted by atomic mass is 79.9. The van der Waals surface area contributed by atoms with E-state index >= 15 is 0 Å².